The molecule has 0 unspecified atom stereocenters. The topological polar surface area (TPSA) is 114 Å². The highest BCUT2D eigenvalue weighted by Crippen LogP contribution is 2.30. The highest BCUT2D eigenvalue weighted by Gasteiger charge is 2.24. The van der Waals surface area contributed by atoms with Crippen LogP contribution < -0.4 is 20.4 Å². The summed E-state index contributed by atoms with van der Waals surface area (Å²) in [6.07, 6.45) is 3.34. The van der Waals surface area contributed by atoms with E-state index >= 15 is 0 Å². The van der Waals surface area contributed by atoms with E-state index in [0.717, 1.165) is 28.2 Å². The number of imidazole rings is 1. The summed E-state index contributed by atoms with van der Waals surface area (Å²) >= 11 is 0. The number of hydrogen-bond donors (Lipinski definition) is 3. The van der Waals surface area contributed by atoms with Crippen LogP contribution in [0, 0.1) is 18.6 Å². The van der Waals surface area contributed by atoms with E-state index in [0.29, 0.717) is 40.3 Å². The lowest BCUT2D eigenvalue weighted by Crippen LogP contribution is -2.43. The van der Waals surface area contributed by atoms with Crippen LogP contribution in [0.25, 0.3) is 22.2 Å². The second-order valence-electron chi connectivity index (χ2n) is 11.3. The van der Waals surface area contributed by atoms with E-state index in [1.165, 1.54) is 12.1 Å². The van der Waals surface area contributed by atoms with Crippen molar-refractivity contribution in [1.29, 1.82) is 0 Å². The molecule has 0 saturated carbocycles. The van der Waals surface area contributed by atoms with Crippen LogP contribution in [0.15, 0.2) is 110 Å². The molecular weight excluding hydrogens is 600 g/mol. The summed E-state index contributed by atoms with van der Waals surface area (Å²) in [5, 5.41) is 3.04. The first-order chi connectivity index (χ1) is 22.7. The maximum Gasteiger partial charge on any atom is 0.262 e. The molecule has 2 heterocycles. The third kappa shape index (κ3) is 7.33. The highest BCUT2D eigenvalue weighted by molar-refractivity contribution is 5.94. The van der Waals surface area contributed by atoms with Gasteiger partial charge in [-0.25, -0.2) is 18.3 Å². The number of nitrogens with zero attached hydrogens (tertiary/aromatic N) is 2. The number of carbonyl (C=O) groups excluding carboxylic acids is 2. The van der Waals surface area contributed by atoms with Crippen molar-refractivity contribution in [2.24, 2.45) is 5.73 Å². The molecule has 10 heteroatoms. The van der Waals surface area contributed by atoms with Gasteiger partial charge in [0, 0.05) is 29.5 Å². The number of aromatic amines is 1. The Balaban J connectivity index is 1.30. The van der Waals surface area contributed by atoms with E-state index in [-0.39, 0.29) is 18.9 Å². The minimum Gasteiger partial charge on any atom is -0.488 e. The number of aryl methyl sites for hydroxylation is 1. The Morgan fingerprint density at radius 1 is 0.936 bits per heavy atom. The molecule has 2 aromatic heterocycles. The fourth-order valence-corrected chi connectivity index (χ4v) is 5.62. The second-order valence-corrected chi connectivity index (χ2v) is 11.3. The van der Waals surface area contributed by atoms with Crippen LogP contribution in [-0.4, -0.2) is 21.8 Å². The maximum absolute atomic E-state index is 14.2. The Kier molecular flexibility index (Phi) is 9.01. The van der Waals surface area contributed by atoms with Gasteiger partial charge in [-0.3, -0.25) is 14.6 Å². The fourth-order valence-electron chi connectivity index (χ4n) is 5.62. The zero-order valence-corrected chi connectivity index (χ0v) is 25.5. The molecule has 8 nitrogen and oxygen atoms in total. The number of rotatable bonds is 11. The van der Waals surface area contributed by atoms with Gasteiger partial charge in [-0.05, 0) is 72.0 Å². The molecule has 0 fully saturated rings. The van der Waals surface area contributed by atoms with E-state index in [1.807, 2.05) is 55.5 Å². The summed E-state index contributed by atoms with van der Waals surface area (Å²) in [6, 6.07) is 26.5. The number of H-pyrrole nitrogens is 1. The summed E-state index contributed by atoms with van der Waals surface area (Å²) < 4.78 is 36.3. The predicted octanol–water partition coefficient (Wildman–Crippen LogP) is 5.88. The normalized spacial score (nSPS) is 11.7. The Bertz CT molecular complexity index is 2060. The van der Waals surface area contributed by atoms with Crippen LogP contribution >= 0.6 is 0 Å². The van der Waals surface area contributed by atoms with Gasteiger partial charge in [0.25, 0.3) is 5.91 Å². The lowest BCUT2D eigenvalue weighted by molar-refractivity contribution is -0.658. The van der Waals surface area contributed by atoms with Crippen LogP contribution in [0.4, 0.5) is 8.78 Å². The number of fused-ring (bicyclic) bond motifs is 1. The lowest BCUT2D eigenvalue weighted by Gasteiger charge is -2.21. The highest BCUT2D eigenvalue weighted by atomic mass is 19.1. The van der Waals surface area contributed by atoms with Gasteiger partial charge in [0.1, 0.15) is 24.0 Å². The SMILES string of the molecule is Cc1cc2[nH]c[n+](CC(=O)N[C@@H](Cc3cc(F)cc(F)c3)c3ncccc3-c3cccc(C(N)=O)c3)c2cc1OCc1ccccc1. The zero-order valence-electron chi connectivity index (χ0n) is 25.5. The number of nitrogens with one attached hydrogen (secondary N) is 2. The van der Waals surface area contributed by atoms with Crippen LogP contribution in [0.2, 0.25) is 0 Å². The summed E-state index contributed by atoms with van der Waals surface area (Å²) in [5.74, 6) is -1.70. The molecule has 4 aromatic carbocycles. The number of nitrogens with two attached hydrogens (primary N) is 1. The molecule has 0 aliphatic rings. The number of primary amides is 1. The molecule has 2 amide bonds. The van der Waals surface area contributed by atoms with Crippen molar-refractivity contribution in [2.45, 2.75) is 32.5 Å². The van der Waals surface area contributed by atoms with Gasteiger partial charge in [0.05, 0.1) is 11.7 Å². The molecule has 0 aliphatic carbocycles. The third-order valence-electron chi connectivity index (χ3n) is 7.85. The Morgan fingerprint density at radius 3 is 2.49 bits per heavy atom. The molecule has 0 radical (unpaired) electrons. The van der Waals surface area contributed by atoms with Gasteiger partial charge in [-0.1, -0.05) is 48.5 Å². The van der Waals surface area contributed by atoms with Gasteiger partial charge in [-0.2, -0.15) is 0 Å². The van der Waals surface area contributed by atoms with Crippen LogP contribution in [0.3, 0.4) is 0 Å². The molecule has 6 rings (SSSR count). The van der Waals surface area contributed by atoms with E-state index in [2.05, 4.69) is 15.3 Å². The van der Waals surface area contributed by atoms with E-state index in [9.17, 15) is 18.4 Å². The molecule has 236 valence electrons. The Labute approximate surface area is 269 Å². The van der Waals surface area contributed by atoms with E-state index < -0.39 is 23.6 Å². The van der Waals surface area contributed by atoms with Crippen LogP contribution in [0.5, 0.6) is 5.75 Å². The predicted molar refractivity (Wildman–Crippen MR) is 173 cm³/mol. The van der Waals surface area contributed by atoms with Gasteiger partial charge in [0.15, 0.2) is 17.6 Å². The minimum absolute atomic E-state index is 0.0508. The first-order valence-corrected chi connectivity index (χ1v) is 15.0. The summed E-state index contributed by atoms with van der Waals surface area (Å²) in [7, 11) is 0. The number of halogens is 2. The number of amides is 2. The van der Waals surface area contributed by atoms with Crippen molar-refractivity contribution in [3.05, 3.63) is 149 Å². The van der Waals surface area contributed by atoms with Crippen molar-refractivity contribution in [3.8, 4) is 16.9 Å². The quantitative estimate of drug-likeness (QED) is 0.155. The monoisotopic (exact) mass is 632 g/mol. The van der Waals surface area contributed by atoms with Gasteiger partial charge >= 0.3 is 0 Å². The standard InChI is InChI=1S/C37H31F2N5O3/c1-23-13-31-33(19-34(23)47-21-24-7-3-2-4-8-24)44(22-42-31)20-35(45)43-32(16-25-14-28(38)18-29(39)15-25)36-30(11-6-12-41-36)26-9-5-10-27(17-26)37(40)46/h2-15,17-19,22,32H,16,20-21H2,1H3,(H3,40,43,45,46)/p+1/t32-/m0/s1. The molecule has 0 bridgehead atoms. The van der Waals surface area contributed by atoms with Gasteiger partial charge in [-0.15, -0.1) is 0 Å². The Hall–Kier alpha value is -5.90. The Morgan fingerprint density at radius 2 is 1.72 bits per heavy atom. The van der Waals surface area contributed by atoms with Gasteiger partial charge in [0.2, 0.25) is 12.2 Å². The molecule has 4 N–H and O–H groups in total. The minimum atomic E-state index is -0.782. The third-order valence-corrected chi connectivity index (χ3v) is 7.85. The van der Waals surface area contributed by atoms with Crippen molar-refractivity contribution in [1.82, 2.24) is 15.3 Å². The summed E-state index contributed by atoms with van der Waals surface area (Å²) in [5.41, 5.74) is 11.5. The molecule has 47 heavy (non-hydrogen) atoms. The van der Waals surface area contributed by atoms with Crippen molar-refractivity contribution in [2.75, 3.05) is 0 Å². The first kappa shape index (κ1) is 31.1. The maximum atomic E-state index is 14.2. The van der Waals surface area contributed by atoms with Gasteiger partial charge < -0.3 is 15.8 Å². The van der Waals surface area contributed by atoms with E-state index in [1.54, 1.807) is 47.4 Å². The molecule has 6 aromatic rings. The largest absolute Gasteiger partial charge is 0.488 e. The first-order valence-electron chi connectivity index (χ1n) is 15.0. The van der Waals surface area contributed by atoms with Crippen molar-refractivity contribution >= 4 is 22.8 Å². The van der Waals surface area contributed by atoms with E-state index in [4.69, 9.17) is 10.5 Å². The number of pyridine rings is 1. The van der Waals surface area contributed by atoms with Crippen molar-refractivity contribution < 1.29 is 27.7 Å². The molecular formula is C37H32F2N5O3+. The average Bonchev–Trinajstić information content (AvgIpc) is 3.43. The molecule has 0 spiro atoms. The fraction of sp³-hybridized carbons (Fsp3) is 0.135. The number of benzene rings is 4. The summed E-state index contributed by atoms with van der Waals surface area (Å²) in [4.78, 5) is 33.4. The second kappa shape index (κ2) is 13.6. The number of carbonyl (C=O) groups is 2. The lowest BCUT2D eigenvalue weighted by atomic mass is 9.94. The number of ether oxygens (including phenoxy) is 1. The number of hydrogen-bond acceptors (Lipinski definition) is 4. The van der Waals surface area contributed by atoms with Crippen molar-refractivity contribution in [3.63, 3.8) is 0 Å². The molecule has 0 saturated heterocycles. The molecule has 1 atom stereocenters. The zero-order chi connectivity index (χ0) is 32.9. The molecule has 0 aliphatic heterocycles. The average molecular weight is 633 g/mol. The van der Waals surface area contributed by atoms with Crippen LogP contribution in [0.1, 0.15) is 38.8 Å². The summed E-state index contributed by atoms with van der Waals surface area (Å²) in [6.45, 7) is 2.30. The number of aromatic nitrogens is 3. The smallest absolute Gasteiger partial charge is 0.262 e. The van der Waals surface area contributed by atoms with Crippen LogP contribution in [-0.2, 0) is 24.4 Å².